The molecule has 2 unspecified atom stereocenters. The molecule has 0 saturated carbocycles. The molecule has 0 aliphatic rings. The molecule has 0 radical (unpaired) electrons. The fraction of sp³-hybridized carbons (Fsp3) is 0.867. The van der Waals surface area contributed by atoms with Crippen molar-refractivity contribution in [1.82, 2.24) is 5.32 Å². The SMILES string of the molecule is CCCCCCCCC/C=C\CCCCCCCCCC(=O)OCCCCCCCCCCCC/C=C\CCCCCCCCCC(=O)NC(CO)C(O)/C=C/CCCCCCCCCC. The lowest BCUT2D eigenvalue weighted by atomic mass is 10.0. The lowest BCUT2D eigenvalue weighted by Gasteiger charge is -2.20. The zero-order chi connectivity index (χ0) is 47.9. The highest BCUT2D eigenvalue weighted by molar-refractivity contribution is 5.76. The van der Waals surface area contributed by atoms with Crippen LogP contribution in [0.25, 0.3) is 0 Å². The van der Waals surface area contributed by atoms with Crippen LogP contribution in [0.3, 0.4) is 0 Å². The van der Waals surface area contributed by atoms with Crippen molar-refractivity contribution < 1.29 is 24.5 Å². The molecule has 0 rings (SSSR count). The van der Waals surface area contributed by atoms with Crippen LogP contribution in [0, 0.1) is 0 Å². The van der Waals surface area contributed by atoms with Crippen LogP contribution in [0.15, 0.2) is 36.5 Å². The Bertz CT molecular complexity index is 1070. The van der Waals surface area contributed by atoms with E-state index in [9.17, 15) is 19.8 Å². The van der Waals surface area contributed by atoms with E-state index in [4.69, 9.17) is 4.74 Å². The molecule has 3 N–H and O–H groups in total. The van der Waals surface area contributed by atoms with Crippen LogP contribution in [-0.2, 0) is 14.3 Å². The predicted octanol–water partition coefficient (Wildman–Crippen LogP) is 18.0. The van der Waals surface area contributed by atoms with E-state index in [-0.39, 0.29) is 18.5 Å². The topological polar surface area (TPSA) is 95.9 Å². The van der Waals surface area contributed by atoms with Crippen LogP contribution >= 0.6 is 0 Å². The highest BCUT2D eigenvalue weighted by Gasteiger charge is 2.18. The first kappa shape index (κ1) is 64.1. The minimum absolute atomic E-state index is 0.00430. The third-order valence-corrected chi connectivity index (χ3v) is 13.4. The van der Waals surface area contributed by atoms with E-state index in [2.05, 4.69) is 43.5 Å². The Balaban J connectivity index is 3.41. The number of esters is 1. The first-order valence-electron chi connectivity index (χ1n) is 29.3. The van der Waals surface area contributed by atoms with Gasteiger partial charge in [0, 0.05) is 12.8 Å². The Morgan fingerprint density at radius 3 is 1.08 bits per heavy atom. The summed E-state index contributed by atoms with van der Waals surface area (Å²) in [5, 5.41) is 23.0. The molecule has 1 amide bonds. The number of aliphatic hydroxyl groups is 2. The molecule has 0 aromatic rings. The summed E-state index contributed by atoms with van der Waals surface area (Å²) in [7, 11) is 0. The van der Waals surface area contributed by atoms with E-state index in [1.807, 2.05) is 6.08 Å². The highest BCUT2D eigenvalue weighted by Crippen LogP contribution is 2.16. The Labute approximate surface area is 411 Å². The molecule has 0 spiro atoms. The number of ether oxygens (including phenoxy) is 1. The maximum atomic E-state index is 12.4. The van der Waals surface area contributed by atoms with Crippen molar-refractivity contribution in [2.45, 2.75) is 321 Å². The summed E-state index contributed by atoms with van der Waals surface area (Å²) < 4.78 is 5.49. The number of hydrogen-bond donors (Lipinski definition) is 3. The molecule has 0 aliphatic heterocycles. The van der Waals surface area contributed by atoms with E-state index < -0.39 is 12.1 Å². The average molecular weight is 929 g/mol. The zero-order valence-electron chi connectivity index (χ0n) is 44.2. The van der Waals surface area contributed by atoms with Crippen LogP contribution in [0.1, 0.15) is 309 Å². The van der Waals surface area contributed by atoms with E-state index >= 15 is 0 Å². The second kappa shape index (κ2) is 55.7. The fourth-order valence-corrected chi connectivity index (χ4v) is 8.86. The van der Waals surface area contributed by atoms with Crippen LogP contribution in [-0.4, -0.2) is 47.4 Å². The van der Waals surface area contributed by atoms with Crippen molar-refractivity contribution in [2.24, 2.45) is 0 Å². The lowest BCUT2D eigenvalue weighted by Crippen LogP contribution is -2.45. The molecule has 66 heavy (non-hydrogen) atoms. The third kappa shape index (κ3) is 51.5. The molecule has 0 aliphatic carbocycles. The van der Waals surface area contributed by atoms with E-state index in [1.165, 1.54) is 231 Å². The van der Waals surface area contributed by atoms with Crippen molar-refractivity contribution in [3.8, 4) is 0 Å². The van der Waals surface area contributed by atoms with Crippen LogP contribution in [0.2, 0.25) is 0 Å². The van der Waals surface area contributed by atoms with Gasteiger partial charge in [-0.1, -0.05) is 249 Å². The van der Waals surface area contributed by atoms with Gasteiger partial charge in [-0.25, -0.2) is 0 Å². The number of unbranched alkanes of at least 4 members (excludes halogenated alkanes) is 39. The lowest BCUT2D eigenvalue weighted by molar-refractivity contribution is -0.143. The van der Waals surface area contributed by atoms with Gasteiger partial charge in [0.05, 0.1) is 25.4 Å². The van der Waals surface area contributed by atoms with Gasteiger partial charge in [-0.15, -0.1) is 0 Å². The van der Waals surface area contributed by atoms with Gasteiger partial charge in [-0.2, -0.15) is 0 Å². The number of allylic oxidation sites excluding steroid dienone is 5. The van der Waals surface area contributed by atoms with Crippen molar-refractivity contribution in [3.05, 3.63) is 36.5 Å². The smallest absolute Gasteiger partial charge is 0.305 e. The molecular weight excluding hydrogens is 815 g/mol. The number of hydrogen-bond acceptors (Lipinski definition) is 5. The maximum Gasteiger partial charge on any atom is 0.305 e. The number of amides is 1. The van der Waals surface area contributed by atoms with Crippen molar-refractivity contribution in [2.75, 3.05) is 13.2 Å². The van der Waals surface area contributed by atoms with E-state index in [0.29, 0.717) is 19.4 Å². The van der Waals surface area contributed by atoms with Crippen LogP contribution < -0.4 is 5.32 Å². The minimum Gasteiger partial charge on any atom is -0.466 e. The first-order valence-corrected chi connectivity index (χ1v) is 29.3. The number of rotatable bonds is 54. The predicted molar refractivity (Wildman–Crippen MR) is 287 cm³/mol. The second-order valence-electron chi connectivity index (χ2n) is 20.0. The number of nitrogens with one attached hydrogen (secondary N) is 1. The quantitative estimate of drug-likeness (QED) is 0.0321. The number of aliphatic hydroxyl groups excluding tert-OH is 2. The fourth-order valence-electron chi connectivity index (χ4n) is 8.86. The molecule has 0 fully saturated rings. The monoisotopic (exact) mass is 928 g/mol. The summed E-state index contributed by atoms with van der Waals surface area (Å²) in [4.78, 5) is 24.5. The Morgan fingerprint density at radius 1 is 0.409 bits per heavy atom. The number of carbonyl (C=O) groups is 2. The third-order valence-electron chi connectivity index (χ3n) is 13.4. The van der Waals surface area contributed by atoms with Gasteiger partial charge in [0.2, 0.25) is 5.91 Å². The minimum atomic E-state index is -0.847. The van der Waals surface area contributed by atoms with Crippen LogP contribution in [0.5, 0.6) is 0 Å². The summed E-state index contributed by atoms with van der Waals surface area (Å²) in [6, 6.07) is -0.632. The Morgan fingerprint density at radius 2 is 0.712 bits per heavy atom. The van der Waals surface area contributed by atoms with Gasteiger partial charge >= 0.3 is 5.97 Å². The normalized spacial score (nSPS) is 12.8. The Hall–Kier alpha value is -1.92. The van der Waals surface area contributed by atoms with Gasteiger partial charge < -0.3 is 20.3 Å². The second-order valence-corrected chi connectivity index (χ2v) is 20.0. The molecule has 6 nitrogen and oxygen atoms in total. The maximum absolute atomic E-state index is 12.4. The molecule has 0 heterocycles. The van der Waals surface area contributed by atoms with E-state index in [0.717, 1.165) is 51.4 Å². The first-order chi connectivity index (χ1) is 32.5. The standard InChI is InChI=1S/C60H113NO5/c1-3-5-7-9-11-13-15-16-17-18-25-28-31-34-38-42-46-50-54-60(65)66-55-51-47-43-39-35-32-29-26-23-21-19-20-22-24-27-30-33-37-41-45-49-53-59(64)61-57(56-62)58(63)52-48-44-40-36-14-12-10-8-6-4-2/h17-18,20,22,48,52,57-58,62-63H,3-16,19,21,23-47,49-51,53-56H2,1-2H3,(H,61,64)/b18-17-,22-20-,52-48+. The van der Waals surface area contributed by atoms with Crippen LogP contribution in [0.4, 0.5) is 0 Å². The molecule has 0 aromatic carbocycles. The molecule has 2 atom stereocenters. The molecule has 388 valence electrons. The summed E-state index contributed by atoms with van der Waals surface area (Å²) in [6.07, 6.45) is 68.9. The molecule has 6 heteroatoms. The summed E-state index contributed by atoms with van der Waals surface area (Å²) in [5.41, 5.74) is 0. The van der Waals surface area contributed by atoms with Gasteiger partial charge in [0.15, 0.2) is 0 Å². The molecule has 0 aromatic heterocycles. The summed E-state index contributed by atoms with van der Waals surface area (Å²) in [5.74, 6) is -0.0736. The highest BCUT2D eigenvalue weighted by atomic mass is 16.5. The Kier molecular flexibility index (Phi) is 54.1. The average Bonchev–Trinajstić information content (AvgIpc) is 3.32. The van der Waals surface area contributed by atoms with Gasteiger partial charge in [-0.05, 0) is 83.5 Å². The van der Waals surface area contributed by atoms with Crippen molar-refractivity contribution in [3.63, 3.8) is 0 Å². The zero-order valence-corrected chi connectivity index (χ0v) is 44.2. The molecule has 0 bridgehead atoms. The number of carbonyl (C=O) groups excluding carboxylic acids is 2. The molecular formula is C60H113NO5. The molecule has 0 saturated heterocycles. The summed E-state index contributed by atoms with van der Waals surface area (Å²) >= 11 is 0. The largest absolute Gasteiger partial charge is 0.466 e. The van der Waals surface area contributed by atoms with Gasteiger partial charge in [-0.3, -0.25) is 9.59 Å². The van der Waals surface area contributed by atoms with E-state index in [1.54, 1.807) is 6.08 Å². The summed E-state index contributed by atoms with van der Waals surface area (Å²) in [6.45, 7) is 4.88. The van der Waals surface area contributed by atoms with Crippen molar-refractivity contribution in [1.29, 1.82) is 0 Å². The van der Waals surface area contributed by atoms with Gasteiger partial charge in [0.25, 0.3) is 0 Å². The van der Waals surface area contributed by atoms with Gasteiger partial charge in [0.1, 0.15) is 0 Å². The van der Waals surface area contributed by atoms with Crippen molar-refractivity contribution >= 4 is 11.9 Å².